The highest BCUT2D eigenvalue weighted by Crippen LogP contribution is 2.28. The summed E-state index contributed by atoms with van der Waals surface area (Å²) in [6.07, 6.45) is 2.07. The van der Waals surface area contributed by atoms with Gasteiger partial charge in [-0.3, -0.25) is 0 Å². The molecular formula is C13H20FN. The zero-order chi connectivity index (χ0) is 11.5. The summed E-state index contributed by atoms with van der Waals surface area (Å²) in [5, 5.41) is 0. The maximum absolute atomic E-state index is 12.8. The molecule has 0 spiro atoms. The molecule has 1 atom stereocenters. The Bertz CT molecular complexity index is 303. The lowest BCUT2D eigenvalue weighted by molar-refractivity contribution is 0.385. The van der Waals surface area contributed by atoms with Gasteiger partial charge < -0.3 is 5.73 Å². The quantitative estimate of drug-likeness (QED) is 0.809. The number of benzene rings is 1. The van der Waals surface area contributed by atoms with E-state index >= 15 is 0 Å². The minimum Gasteiger partial charge on any atom is -0.327 e. The Morgan fingerprint density at radius 2 is 1.80 bits per heavy atom. The molecule has 1 unspecified atom stereocenters. The van der Waals surface area contributed by atoms with Crippen LogP contribution in [0.4, 0.5) is 4.39 Å². The molecule has 0 aliphatic heterocycles. The predicted molar refractivity (Wildman–Crippen MR) is 62.3 cm³/mol. The third-order valence-electron chi connectivity index (χ3n) is 3.11. The van der Waals surface area contributed by atoms with Gasteiger partial charge in [0.1, 0.15) is 5.82 Å². The van der Waals surface area contributed by atoms with Crippen molar-refractivity contribution in [2.45, 2.75) is 45.1 Å². The molecule has 1 nitrogen and oxygen atoms in total. The van der Waals surface area contributed by atoms with Crippen molar-refractivity contribution in [2.75, 3.05) is 0 Å². The smallest absolute Gasteiger partial charge is 0.123 e. The van der Waals surface area contributed by atoms with Crippen molar-refractivity contribution in [3.63, 3.8) is 0 Å². The first kappa shape index (κ1) is 12.2. The van der Waals surface area contributed by atoms with E-state index in [1.165, 1.54) is 12.1 Å². The van der Waals surface area contributed by atoms with Gasteiger partial charge in [0, 0.05) is 11.5 Å². The minimum atomic E-state index is -0.196. The van der Waals surface area contributed by atoms with Gasteiger partial charge in [-0.1, -0.05) is 39.3 Å². The van der Waals surface area contributed by atoms with Crippen LogP contribution in [-0.2, 0) is 5.41 Å². The Balaban J connectivity index is 2.89. The van der Waals surface area contributed by atoms with E-state index < -0.39 is 0 Å². The first-order chi connectivity index (χ1) is 6.98. The third kappa shape index (κ3) is 2.78. The Hall–Kier alpha value is -0.890. The molecule has 0 saturated carbocycles. The lowest BCUT2D eigenvalue weighted by Crippen LogP contribution is -2.40. The monoisotopic (exact) mass is 209 g/mol. The van der Waals surface area contributed by atoms with Crippen LogP contribution in [-0.4, -0.2) is 6.04 Å². The number of nitrogens with two attached hydrogens (primary N) is 1. The van der Waals surface area contributed by atoms with Gasteiger partial charge in [-0.2, -0.15) is 0 Å². The van der Waals surface area contributed by atoms with Crippen molar-refractivity contribution in [1.82, 2.24) is 0 Å². The van der Waals surface area contributed by atoms with E-state index in [1.807, 2.05) is 12.1 Å². The van der Waals surface area contributed by atoms with Crippen LogP contribution in [0, 0.1) is 5.82 Å². The minimum absolute atomic E-state index is 0.0935. The molecule has 1 aromatic rings. The van der Waals surface area contributed by atoms with Gasteiger partial charge in [0.25, 0.3) is 0 Å². The van der Waals surface area contributed by atoms with Crippen molar-refractivity contribution in [3.8, 4) is 0 Å². The van der Waals surface area contributed by atoms with Crippen LogP contribution in [0.5, 0.6) is 0 Å². The molecule has 84 valence electrons. The third-order valence-corrected chi connectivity index (χ3v) is 3.11. The Morgan fingerprint density at radius 1 is 1.27 bits per heavy atom. The normalized spacial score (nSPS) is 13.9. The molecule has 2 heteroatoms. The second-order valence-corrected chi connectivity index (χ2v) is 4.62. The molecule has 2 N–H and O–H groups in total. The molecule has 0 bridgehead atoms. The molecule has 15 heavy (non-hydrogen) atoms. The number of rotatable bonds is 4. The molecule has 0 aliphatic rings. The topological polar surface area (TPSA) is 26.0 Å². The van der Waals surface area contributed by atoms with E-state index in [1.54, 1.807) is 0 Å². The van der Waals surface area contributed by atoms with E-state index in [2.05, 4.69) is 20.8 Å². The Labute approximate surface area is 91.5 Å². The van der Waals surface area contributed by atoms with E-state index in [4.69, 9.17) is 5.73 Å². The average molecular weight is 209 g/mol. The van der Waals surface area contributed by atoms with Crippen molar-refractivity contribution < 1.29 is 4.39 Å². The summed E-state index contributed by atoms with van der Waals surface area (Å²) in [4.78, 5) is 0. The summed E-state index contributed by atoms with van der Waals surface area (Å²) in [6.45, 7) is 6.35. The van der Waals surface area contributed by atoms with Crippen molar-refractivity contribution >= 4 is 0 Å². The molecule has 0 aliphatic carbocycles. The molecular weight excluding hydrogens is 189 g/mol. The number of hydrogen-bond acceptors (Lipinski definition) is 1. The molecule has 0 saturated heterocycles. The zero-order valence-corrected chi connectivity index (χ0v) is 9.76. The highest BCUT2D eigenvalue weighted by Gasteiger charge is 2.27. The molecule has 1 aromatic carbocycles. The first-order valence-corrected chi connectivity index (χ1v) is 5.50. The highest BCUT2D eigenvalue weighted by molar-refractivity contribution is 5.26. The van der Waals surface area contributed by atoms with Crippen molar-refractivity contribution in [3.05, 3.63) is 35.6 Å². The van der Waals surface area contributed by atoms with Gasteiger partial charge >= 0.3 is 0 Å². The van der Waals surface area contributed by atoms with Crippen molar-refractivity contribution in [1.29, 1.82) is 0 Å². The van der Waals surface area contributed by atoms with Crippen LogP contribution >= 0.6 is 0 Å². The van der Waals surface area contributed by atoms with Gasteiger partial charge in [0.15, 0.2) is 0 Å². The van der Waals surface area contributed by atoms with Crippen LogP contribution in [0.1, 0.15) is 39.2 Å². The van der Waals surface area contributed by atoms with Gasteiger partial charge in [0.2, 0.25) is 0 Å². The summed E-state index contributed by atoms with van der Waals surface area (Å²) in [7, 11) is 0. The zero-order valence-electron chi connectivity index (χ0n) is 9.76. The fourth-order valence-corrected chi connectivity index (χ4v) is 1.77. The molecule has 1 rings (SSSR count). The van der Waals surface area contributed by atoms with Gasteiger partial charge in [-0.25, -0.2) is 4.39 Å². The summed E-state index contributed by atoms with van der Waals surface area (Å²) in [6, 6.07) is 6.76. The van der Waals surface area contributed by atoms with Gasteiger partial charge in [0.05, 0.1) is 0 Å². The fraction of sp³-hybridized carbons (Fsp3) is 0.538. The summed E-state index contributed by atoms with van der Waals surface area (Å²) in [5.74, 6) is -0.196. The van der Waals surface area contributed by atoms with Gasteiger partial charge in [-0.05, 0) is 24.1 Å². The summed E-state index contributed by atoms with van der Waals surface area (Å²) in [5.41, 5.74) is 7.15. The number of hydrogen-bond donors (Lipinski definition) is 1. The predicted octanol–water partition coefficient (Wildman–Crippen LogP) is 3.23. The largest absolute Gasteiger partial charge is 0.327 e. The molecule has 0 aromatic heterocycles. The molecule has 0 amide bonds. The standard InChI is InChI=1S/C13H20FN/c1-4-5-12(15)13(2,3)10-6-8-11(14)9-7-10/h6-9,12H,4-5,15H2,1-3H3. The average Bonchev–Trinajstić information content (AvgIpc) is 2.18. The molecule has 0 radical (unpaired) electrons. The molecule has 0 heterocycles. The SMILES string of the molecule is CCCC(N)C(C)(C)c1ccc(F)cc1. The van der Waals surface area contributed by atoms with Crippen LogP contribution in [0.15, 0.2) is 24.3 Å². The van der Waals surface area contributed by atoms with Crippen LogP contribution < -0.4 is 5.73 Å². The van der Waals surface area contributed by atoms with Crippen LogP contribution in [0.3, 0.4) is 0 Å². The van der Waals surface area contributed by atoms with E-state index in [9.17, 15) is 4.39 Å². The van der Waals surface area contributed by atoms with Crippen molar-refractivity contribution in [2.24, 2.45) is 5.73 Å². The maximum atomic E-state index is 12.8. The van der Waals surface area contributed by atoms with Gasteiger partial charge in [-0.15, -0.1) is 0 Å². The second-order valence-electron chi connectivity index (χ2n) is 4.62. The summed E-state index contributed by atoms with van der Waals surface area (Å²) < 4.78 is 12.8. The maximum Gasteiger partial charge on any atom is 0.123 e. The Morgan fingerprint density at radius 3 is 2.27 bits per heavy atom. The summed E-state index contributed by atoms with van der Waals surface area (Å²) >= 11 is 0. The Kier molecular flexibility index (Phi) is 3.86. The van der Waals surface area contributed by atoms with E-state index in [0.717, 1.165) is 18.4 Å². The second kappa shape index (κ2) is 4.75. The van der Waals surface area contributed by atoms with Crippen LogP contribution in [0.25, 0.3) is 0 Å². The lowest BCUT2D eigenvalue weighted by atomic mass is 9.76. The first-order valence-electron chi connectivity index (χ1n) is 5.50. The highest BCUT2D eigenvalue weighted by atomic mass is 19.1. The van der Waals surface area contributed by atoms with E-state index in [-0.39, 0.29) is 17.3 Å². The lowest BCUT2D eigenvalue weighted by Gasteiger charge is -2.32. The van der Waals surface area contributed by atoms with E-state index in [0.29, 0.717) is 0 Å². The number of halogens is 1. The fourth-order valence-electron chi connectivity index (χ4n) is 1.77. The van der Waals surface area contributed by atoms with Crippen LogP contribution in [0.2, 0.25) is 0 Å². The molecule has 0 fully saturated rings.